The van der Waals surface area contributed by atoms with E-state index in [9.17, 15) is 9.90 Å². The number of carbonyl (C=O) groups excluding carboxylic acids is 1. The van der Waals surface area contributed by atoms with Crippen LogP contribution in [0.5, 0.6) is 5.75 Å². The third kappa shape index (κ3) is 7.01. The molecule has 0 aromatic heterocycles. The highest BCUT2D eigenvalue weighted by Gasteiger charge is 2.16. The van der Waals surface area contributed by atoms with E-state index in [2.05, 4.69) is 5.32 Å². The first-order valence-corrected chi connectivity index (χ1v) is 8.63. The maximum atomic E-state index is 10.6. The molecule has 23 heavy (non-hydrogen) atoms. The van der Waals surface area contributed by atoms with Crippen LogP contribution < -0.4 is 15.2 Å². The molecular weight excluding hydrogens is 294 g/mol. The maximum Gasteiger partial charge on any atom is 0.119 e. The maximum absolute atomic E-state index is 10.6. The van der Waals surface area contributed by atoms with Crippen LogP contribution in [0.2, 0.25) is 0 Å². The highest BCUT2D eigenvalue weighted by atomic mass is 16.5. The number of hydrogen-bond donors (Lipinski definition) is 1. The van der Waals surface area contributed by atoms with Gasteiger partial charge < -0.3 is 24.7 Å². The van der Waals surface area contributed by atoms with Gasteiger partial charge in [-0.1, -0.05) is 0 Å². The fraction of sp³-hybridized carbons (Fsp3) is 0.611. The summed E-state index contributed by atoms with van der Waals surface area (Å²) < 4.78 is 11.2. The van der Waals surface area contributed by atoms with Crippen molar-refractivity contribution in [1.29, 1.82) is 0 Å². The summed E-state index contributed by atoms with van der Waals surface area (Å²) in [5.41, 5.74) is 0.177. The predicted molar refractivity (Wildman–Crippen MR) is 85.4 cm³/mol. The number of aromatic carboxylic acids is 1. The monoisotopic (exact) mass is 321 g/mol. The van der Waals surface area contributed by atoms with Crippen LogP contribution in [0, 0.1) is 0 Å². The van der Waals surface area contributed by atoms with Gasteiger partial charge in [0.15, 0.2) is 0 Å². The molecule has 0 unspecified atom stereocenters. The van der Waals surface area contributed by atoms with E-state index in [1.165, 1.54) is 44.4 Å². The molecule has 1 aromatic rings. The van der Waals surface area contributed by atoms with Crippen molar-refractivity contribution in [2.24, 2.45) is 0 Å². The molecule has 1 saturated heterocycles. The van der Waals surface area contributed by atoms with Gasteiger partial charge in [-0.2, -0.15) is 0 Å². The van der Waals surface area contributed by atoms with E-state index in [4.69, 9.17) is 9.47 Å². The molecule has 0 bridgehead atoms. The summed E-state index contributed by atoms with van der Waals surface area (Å²) in [5.74, 6) is -0.451. The van der Waals surface area contributed by atoms with Crippen LogP contribution in [-0.4, -0.2) is 38.4 Å². The highest BCUT2D eigenvalue weighted by Crippen LogP contribution is 2.12. The molecule has 0 spiro atoms. The molecule has 5 heteroatoms. The topological polar surface area (TPSA) is 75.2 Å². The van der Waals surface area contributed by atoms with Crippen molar-refractivity contribution < 1.29 is 24.7 Å². The van der Waals surface area contributed by atoms with E-state index in [0.29, 0.717) is 18.5 Å². The van der Waals surface area contributed by atoms with Gasteiger partial charge in [0.25, 0.3) is 0 Å². The van der Waals surface area contributed by atoms with E-state index in [1.807, 2.05) is 0 Å². The van der Waals surface area contributed by atoms with Crippen molar-refractivity contribution >= 4 is 5.97 Å². The zero-order valence-corrected chi connectivity index (χ0v) is 13.7. The molecule has 5 nitrogen and oxygen atoms in total. The number of carboxylic acids is 1. The van der Waals surface area contributed by atoms with Crippen LogP contribution in [-0.2, 0) is 4.74 Å². The lowest BCUT2D eigenvalue weighted by Gasteiger charge is -2.08. The standard InChI is InChI=1S/C18H27NO4/c20-18(21)15-7-9-16(10-8-15)22-12-4-2-1-3-11-19-14-17-6-5-13-23-17/h7-10,17,19H,1-6,11-14H2,(H,20,21)/t17-/m1/s1. The quantitative estimate of drug-likeness (QED) is 0.610. The zero-order valence-electron chi connectivity index (χ0n) is 13.7. The first-order chi connectivity index (χ1) is 11.3. The first-order valence-electron chi connectivity index (χ1n) is 8.63. The number of rotatable bonds is 11. The summed E-state index contributed by atoms with van der Waals surface area (Å²) in [6.07, 6.45) is 7.54. The van der Waals surface area contributed by atoms with Crippen molar-refractivity contribution in [3.8, 4) is 5.75 Å². The van der Waals surface area contributed by atoms with E-state index in [-0.39, 0.29) is 5.56 Å². The van der Waals surface area contributed by atoms with E-state index in [1.54, 1.807) is 12.1 Å². The summed E-state index contributed by atoms with van der Waals surface area (Å²) >= 11 is 0. The Labute approximate surface area is 138 Å². The average Bonchev–Trinajstić information content (AvgIpc) is 3.07. The van der Waals surface area contributed by atoms with E-state index >= 15 is 0 Å². The van der Waals surface area contributed by atoms with Crippen LogP contribution in [0.15, 0.2) is 24.3 Å². The van der Waals surface area contributed by atoms with Crippen LogP contribution in [0.3, 0.4) is 0 Å². The Bertz CT molecular complexity index is 455. The van der Waals surface area contributed by atoms with Crippen molar-refractivity contribution in [2.45, 2.75) is 44.6 Å². The molecule has 2 rings (SSSR count). The molecule has 128 valence electrons. The summed E-state index contributed by atoms with van der Waals surface area (Å²) in [6.45, 7) is 3.88. The van der Waals surface area contributed by atoms with Crippen LogP contribution >= 0.6 is 0 Å². The largest absolute Gasteiger partial charge is 0.545 e. The summed E-state index contributed by atoms with van der Waals surface area (Å²) in [5, 5.41) is 13.0. The zero-order chi connectivity index (χ0) is 16.3. The molecule has 0 amide bonds. The molecule has 1 aromatic carbocycles. The van der Waals surface area contributed by atoms with Gasteiger partial charge in [0.05, 0.1) is 19.1 Å². The lowest BCUT2D eigenvalue weighted by molar-refractivity contribution is -0.661. The Morgan fingerprint density at radius 1 is 1.22 bits per heavy atom. The van der Waals surface area contributed by atoms with Gasteiger partial charge in [-0.25, -0.2) is 0 Å². The van der Waals surface area contributed by atoms with Crippen LogP contribution in [0.1, 0.15) is 48.9 Å². The molecule has 0 radical (unpaired) electrons. The number of nitrogens with two attached hydrogens (primary N) is 1. The summed E-state index contributed by atoms with van der Waals surface area (Å²) in [6, 6.07) is 6.36. The minimum absolute atomic E-state index is 0.177. The highest BCUT2D eigenvalue weighted by molar-refractivity contribution is 5.85. The Kier molecular flexibility index (Phi) is 7.90. The number of benzene rings is 1. The Morgan fingerprint density at radius 2 is 2.00 bits per heavy atom. The predicted octanol–water partition coefficient (Wildman–Crippen LogP) is 0.732. The van der Waals surface area contributed by atoms with Gasteiger partial charge in [0.1, 0.15) is 18.4 Å². The van der Waals surface area contributed by atoms with Crippen molar-refractivity contribution in [2.75, 3.05) is 26.3 Å². The third-order valence-electron chi connectivity index (χ3n) is 4.11. The van der Waals surface area contributed by atoms with Gasteiger partial charge in [-0.15, -0.1) is 0 Å². The van der Waals surface area contributed by atoms with Crippen LogP contribution in [0.4, 0.5) is 0 Å². The third-order valence-corrected chi connectivity index (χ3v) is 4.11. The van der Waals surface area contributed by atoms with Gasteiger partial charge in [-0.05, 0) is 68.4 Å². The van der Waals surface area contributed by atoms with Crippen molar-refractivity contribution in [1.82, 2.24) is 0 Å². The lowest BCUT2D eigenvalue weighted by Crippen LogP contribution is -2.86. The molecule has 1 heterocycles. The number of ether oxygens (including phenoxy) is 2. The molecule has 1 fully saturated rings. The smallest absolute Gasteiger partial charge is 0.119 e. The molecule has 1 atom stereocenters. The molecule has 0 saturated carbocycles. The van der Waals surface area contributed by atoms with Gasteiger partial charge in [0, 0.05) is 6.61 Å². The number of carboxylic acid groups (broad SMARTS) is 1. The van der Waals surface area contributed by atoms with Gasteiger partial charge >= 0.3 is 0 Å². The number of quaternary nitrogens is 1. The van der Waals surface area contributed by atoms with Crippen LogP contribution in [0.25, 0.3) is 0 Å². The molecule has 1 aliphatic heterocycles. The van der Waals surface area contributed by atoms with E-state index in [0.717, 1.165) is 26.0 Å². The normalized spacial score (nSPS) is 17.3. The van der Waals surface area contributed by atoms with Crippen molar-refractivity contribution in [3.05, 3.63) is 29.8 Å². The minimum Gasteiger partial charge on any atom is -0.545 e. The average molecular weight is 321 g/mol. The summed E-state index contributed by atoms with van der Waals surface area (Å²) in [4.78, 5) is 10.6. The fourth-order valence-corrected chi connectivity index (χ4v) is 2.76. The Morgan fingerprint density at radius 3 is 2.70 bits per heavy atom. The number of carbonyl (C=O) groups is 1. The van der Waals surface area contributed by atoms with E-state index < -0.39 is 5.97 Å². The Hall–Kier alpha value is -1.59. The lowest BCUT2D eigenvalue weighted by atomic mass is 10.2. The first kappa shape index (κ1) is 17.8. The summed E-state index contributed by atoms with van der Waals surface area (Å²) in [7, 11) is 0. The second kappa shape index (κ2) is 10.2. The van der Waals surface area contributed by atoms with Gasteiger partial charge in [0.2, 0.25) is 0 Å². The molecule has 1 aliphatic rings. The second-order valence-corrected chi connectivity index (χ2v) is 6.02. The fourth-order valence-electron chi connectivity index (χ4n) is 2.76. The molecule has 0 aliphatic carbocycles. The minimum atomic E-state index is -1.16. The molecular formula is C18H27NO4. The number of hydrogen-bond acceptors (Lipinski definition) is 4. The SMILES string of the molecule is O=C([O-])c1ccc(OCCCCCC[NH2+]C[C@H]2CCCO2)cc1. The van der Waals surface area contributed by atoms with Crippen molar-refractivity contribution in [3.63, 3.8) is 0 Å². The molecule has 2 N–H and O–H groups in total. The second-order valence-electron chi connectivity index (χ2n) is 6.02. The van der Waals surface area contributed by atoms with Gasteiger partial charge in [-0.3, -0.25) is 0 Å². The number of unbranched alkanes of at least 4 members (excludes halogenated alkanes) is 3. The Balaban J connectivity index is 1.42.